The molecule has 128 valence electrons. The third kappa shape index (κ3) is 2.99. The number of nitrogens with zero attached hydrogens (tertiary/aromatic N) is 1. The van der Waals surface area contributed by atoms with Crippen LogP contribution in [-0.4, -0.2) is 45.7 Å². The highest BCUT2D eigenvalue weighted by Crippen LogP contribution is 2.28. The van der Waals surface area contributed by atoms with Crippen molar-refractivity contribution in [1.82, 2.24) is 9.55 Å². The maximum absolute atomic E-state index is 12.1. The van der Waals surface area contributed by atoms with Crippen molar-refractivity contribution in [3.8, 4) is 16.9 Å². The predicted molar refractivity (Wildman–Crippen MR) is 84.9 cm³/mol. The molecule has 8 heteroatoms. The zero-order valence-corrected chi connectivity index (χ0v) is 13.0. The average molecular weight is 334 g/mol. The second kappa shape index (κ2) is 6.60. The standard InChI is InChI=1S/C16H18N2O6/c1-23-10-4-2-9(3-5-10)11-7-18(16(22)17-15(11)21)14-6-12(20)13(8-19)24-14/h2-5,7,12-14,19-20H,6,8H2,1H3,(H,17,21,22)/t12-,13+,14+/m0/s1. The minimum absolute atomic E-state index is 0.152. The molecule has 3 atom stereocenters. The van der Waals surface area contributed by atoms with Gasteiger partial charge in [-0.3, -0.25) is 14.3 Å². The minimum Gasteiger partial charge on any atom is -0.497 e. The summed E-state index contributed by atoms with van der Waals surface area (Å²) in [5, 5.41) is 19.0. The van der Waals surface area contributed by atoms with Gasteiger partial charge >= 0.3 is 5.69 Å². The Bertz CT molecular complexity index is 826. The highest BCUT2D eigenvalue weighted by atomic mass is 16.5. The quantitative estimate of drug-likeness (QED) is 0.717. The number of hydrogen-bond donors (Lipinski definition) is 3. The Morgan fingerprint density at radius 3 is 2.62 bits per heavy atom. The number of H-pyrrole nitrogens is 1. The average Bonchev–Trinajstić information content (AvgIpc) is 2.96. The lowest BCUT2D eigenvalue weighted by Crippen LogP contribution is -2.33. The largest absolute Gasteiger partial charge is 0.497 e. The summed E-state index contributed by atoms with van der Waals surface area (Å²) in [5.41, 5.74) is -0.238. The first kappa shape index (κ1) is 16.4. The summed E-state index contributed by atoms with van der Waals surface area (Å²) in [6.45, 7) is -0.346. The molecule has 2 heterocycles. The number of methoxy groups -OCH3 is 1. The van der Waals surface area contributed by atoms with Crippen LogP contribution in [0.2, 0.25) is 0 Å². The summed E-state index contributed by atoms with van der Waals surface area (Å²) >= 11 is 0. The first-order chi connectivity index (χ1) is 11.5. The number of rotatable bonds is 4. The smallest absolute Gasteiger partial charge is 0.330 e. The van der Waals surface area contributed by atoms with Crippen LogP contribution in [0, 0.1) is 0 Å². The molecule has 0 unspecified atom stereocenters. The Morgan fingerprint density at radius 1 is 1.33 bits per heavy atom. The topological polar surface area (TPSA) is 114 Å². The normalized spacial score (nSPS) is 23.4. The van der Waals surface area contributed by atoms with Gasteiger partial charge in [0.1, 0.15) is 18.1 Å². The zero-order chi connectivity index (χ0) is 17.3. The number of ether oxygens (including phenoxy) is 2. The van der Waals surface area contributed by atoms with Gasteiger partial charge in [0.25, 0.3) is 5.56 Å². The molecule has 1 aromatic carbocycles. The van der Waals surface area contributed by atoms with Crippen molar-refractivity contribution < 1.29 is 19.7 Å². The van der Waals surface area contributed by atoms with Gasteiger partial charge in [-0.15, -0.1) is 0 Å². The highest BCUT2D eigenvalue weighted by molar-refractivity contribution is 5.62. The van der Waals surface area contributed by atoms with E-state index in [1.54, 1.807) is 31.4 Å². The van der Waals surface area contributed by atoms with Crippen LogP contribution in [0.4, 0.5) is 0 Å². The molecule has 0 spiro atoms. The van der Waals surface area contributed by atoms with E-state index < -0.39 is 29.7 Å². The monoisotopic (exact) mass is 334 g/mol. The first-order valence-corrected chi connectivity index (χ1v) is 7.47. The zero-order valence-electron chi connectivity index (χ0n) is 13.0. The van der Waals surface area contributed by atoms with E-state index in [0.717, 1.165) is 0 Å². The summed E-state index contributed by atoms with van der Waals surface area (Å²) < 4.78 is 11.8. The van der Waals surface area contributed by atoms with Gasteiger partial charge in [0.05, 0.1) is 25.4 Å². The Labute approximate surface area is 136 Å². The summed E-state index contributed by atoms with van der Waals surface area (Å²) in [4.78, 5) is 26.4. The molecule has 3 rings (SSSR count). The molecule has 24 heavy (non-hydrogen) atoms. The van der Waals surface area contributed by atoms with Crippen LogP contribution in [0.25, 0.3) is 11.1 Å². The van der Waals surface area contributed by atoms with Crippen LogP contribution < -0.4 is 16.0 Å². The third-order valence-corrected chi connectivity index (χ3v) is 4.06. The maximum Gasteiger partial charge on any atom is 0.330 e. The number of benzene rings is 1. The van der Waals surface area contributed by atoms with Crippen molar-refractivity contribution in [2.75, 3.05) is 13.7 Å². The Morgan fingerprint density at radius 2 is 2.04 bits per heavy atom. The number of aromatic nitrogens is 2. The summed E-state index contributed by atoms with van der Waals surface area (Å²) in [5.74, 6) is 0.650. The summed E-state index contributed by atoms with van der Waals surface area (Å²) in [7, 11) is 1.54. The van der Waals surface area contributed by atoms with Crippen molar-refractivity contribution in [3.05, 3.63) is 51.3 Å². The van der Waals surface area contributed by atoms with Gasteiger partial charge in [-0.05, 0) is 17.7 Å². The van der Waals surface area contributed by atoms with E-state index in [1.165, 1.54) is 10.8 Å². The van der Waals surface area contributed by atoms with Gasteiger partial charge in [0, 0.05) is 12.6 Å². The molecule has 0 aliphatic carbocycles. The lowest BCUT2D eigenvalue weighted by atomic mass is 10.1. The van der Waals surface area contributed by atoms with Crippen molar-refractivity contribution in [3.63, 3.8) is 0 Å². The molecule has 0 radical (unpaired) electrons. The molecular weight excluding hydrogens is 316 g/mol. The van der Waals surface area contributed by atoms with Crippen LogP contribution in [0.5, 0.6) is 5.75 Å². The van der Waals surface area contributed by atoms with Gasteiger partial charge in [-0.1, -0.05) is 12.1 Å². The first-order valence-electron chi connectivity index (χ1n) is 7.47. The second-order valence-electron chi connectivity index (χ2n) is 5.55. The Balaban J connectivity index is 2.00. The van der Waals surface area contributed by atoms with Crippen molar-refractivity contribution in [2.24, 2.45) is 0 Å². The van der Waals surface area contributed by atoms with Gasteiger partial charge < -0.3 is 19.7 Å². The maximum atomic E-state index is 12.1. The van der Waals surface area contributed by atoms with Gasteiger partial charge in [0.2, 0.25) is 0 Å². The molecule has 1 aliphatic heterocycles. The Kier molecular flexibility index (Phi) is 4.52. The van der Waals surface area contributed by atoms with Crippen LogP contribution in [0.15, 0.2) is 40.1 Å². The van der Waals surface area contributed by atoms with Crippen LogP contribution in [0.1, 0.15) is 12.6 Å². The van der Waals surface area contributed by atoms with Gasteiger partial charge in [0.15, 0.2) is 0 Å². The summed E-state index contributed by atoms with van der Waals surface area (Å²) in [6, 6.07) is 6.84. The van der Waals surface area contributed by atoms with E-state index in [1.807, 2.05) is 0 Å². The van der Waals surface area contributed by atoms with Crippen molar-refractivity contribution in [1.29, 1.82) is 0 Å². The minimum atomic E-state index is -0.872. The molecule has 2 aromatic rings. The van der Waals surface area contributed by atoms with Gasteiger partial charge in [-0.2, -0.15) is 0 Å². The molecule has 0 bridgehead atoms. The van der Waals surface area contributed by atoms with Crippen molar-refractivity contribution in [2.45, 2.75) is 24.9 Å². The van der Waals surface area contributed by atoms with Crippen LogP contribution in [0.3, 0.4) is 0 Å². The lowest BCUT2D eigenvalue weighted by molar-refractivity contribution is -0.0458. The van der Waals surface area contributed by atoms with Crippen LogP contribution in [-0.2, 0) is 4.74 Å². The van der Waals surface area contributed by atoms with Gasteiger partial charge in [-0.25, -0.2) is 4.79 Å². The SMILES string of the molecule is COc1ccc(-c2cn([C@H]3C[C@H](O)[C@@H](CO)O3)c(=O)[nH]c2=O)cc1. The van der Waals surface area contributed by atoms with Crippen LogP contribution >= 0.6 is 0 Å². The predicted octanol–water partition coefficient (Wildman–Crippen LogP) is -0.147. The van der Waals surface area contributed by atoms with E-state index in [9.17, 15) is 14.7 Å². The van der Waals surface area contributed by atoms with E-state index in [0.29, 0.717) is 16.9 Å². The molecule has 3 N–H and O–H groups in total. The van der Waals surface area contributed by atoms with E-state index >= 15 is 0 Å². The van der Waals surface area contributed by atoms with E-state index in [2.05, 4.69) is 4.98 Å². The molecule has 1 aromatic heterocycles. The number of aliphatic hydroxyl groups excluding tert-OH is 2. The molecule has 0 amide bonds. The van der Waals surface area contributed by atoms with E-state index in [-0.39, 0.29) is 13.0 Å². The second-order valence-corrected chi connectivity index (χ2v) is 5.55. The third-order valence-electron chi connectivity index (χ3n) is 4.06. The molecule has 1 aliphatic rings. The van der Waals surface area contributed by atoms with Crippen molar-refractivity contribution >= 4 is 0 Å². The number of aromatic amines is 1. The fraction of sp³-hybridized carbons (Fsp3) is 0.375. The van der Waals surface area contributed by atoms with E-state index in [4.69, 9.17) is 14.6 Å². The Hall–Kier alpha value is -2.42. The number of aliphatic hydroxyl groups is 2. The number of hydrogen-bond acceptors (Lipinski definition) is 6. The molecular formula is C16H18N2O6. The molecule has 8 nitrogen and oxygen atoms in total. The lowest BCUT2D eigenvalue weighted by Gasteiger charge is -2.15. The molecule has 1 saturated heterocycles. The molecule has 0 saturated carbocycles. The fourth-order valence-corrected chi connectivity index (χ4v) is 2.73. The molecule has 1 fully saturated rings. The number of nitrogens with one attached hydrogen (secondary N) is 1. The fourth-order valence-electron chi connectivity index (χ4n) is 2.73. The summed E-state index contributed by atoms with van der Waals surface area (Å²) in [6.07, 6.45) is -0.820. The highest BCUT2D eigenvalue weighted by Gasteiger charge is 2.35.